The van der Waals surface area contributed by atoms with E-state index in [0.717, 1.165) is 53.7 Å². The van der Waals surface area contributed by atoms with Crippen molar-refractivity contribution in [3.63, 3.8) is 0 Å². The Labute approximate surface area is 337 Å². The number of nitrogens with zero attached hydrogens (tertiary/aromatic N) is 4. The number of benzene rings is 2. The molecule has 15 heteroatoms. The summed E-state index contributed by atoms with van der Waals surface area (Å²) in [5, 5.41) is 5.38. The van der Waals surface area contributed by atoms with E-state index < -0.39 is 24.3 Å². The average Bonchev–Trinajstić information content (AvgIpc) is 4.05. The molecule has 4 atom stereocenters. The second-order valence-corrected chi connectivity index (χ2v) is 16.0. The standard InChI is InChI=1S/C43H51N7O8/c1-23(2)37(47-42(54)56-5)40(52)49-15-7-9-32(49)30-18-28(21-44-30)25-11-12-27-19-34(51)29-17-26(13-14-35(29)58-36(27)20-25)31-22-45-39(46-31)33-10-8-16-50(33)41(53)38(24(3)4)48-43(55)57-6/h11-14,17,20-24,32-33,37-38H,7-10,15-16,18-19H2,1-6H3,(H,45,46)(H,47,54)(H,48,55)/t32-,33-,37-,38-/m0/s1. The molecule has 3 aromatic rings. The Morgan fingerprint density at radius 2 is 1.43 bits per heavy atom. The summed E-state index contributed by atoms with van der Waals surface area (Å²) in [6, 6.07) is 9.43. The van der Waals surface area contributed by atoms with Crippen molar-refractivity contribution < 1.29 is 38.2 Å². The van der Waals surface area contributed by atoms with Crippen LogP contribution in [0.15, 0.2) is 53.8 Å². The van der Waals surface area contributed by atoms with Gasteiger partial charge in [-0.05, 0) is 72.9 Å². The van der Waals surface area contributed by atoms with Crippen LogP contribution in [0.2, 0.25) is 0 Å². The molecule has 1 aromatic heterocycles. The van der Waals surface area contributed by atoms with Gasteiger partial charge in [0.05, 0.1) is 43.8 Å². The third-order valence-electron chi connectivity index (χ3n) is 11.5. The van der Waals surface area contributed by atoms with Crippen molar-refractivity contribution in [2.75, 3.05) is 27.3 Å². The second kappa shape index (κ2) is 16.9. The van der Waals surface area contributed by atoms with Crippen LogP contribution in [0.3, 0.4) is 0 Å². The molecule has 15 nitrogen and oxygen atoms in total. The number of imidazole rings is 1. The molecule has 0 aliphatic carbocycles. The van der Waals surface area contributed by atoms with E-state index in [2.05, 4.69) is 20.6 Å². The highest BCUT2D eigenvalue weighted by molar-refractivity contribution is 6.04. The maximum atomic E-state index is 13.7. The predicted molar refractivity (Wildman–Crippen MR) is 215 cm³/mol. The monoisotopic (exact) mass is 793 g/mol. The van der Waals surface area contributed by atoms with E-state index in [-0.39, 0.29) is 47.9 Å². The normalized spacial score (nSPS) is 19.8. The van der Waals surface area contributed by atoms with E-state index in [0.29, 0.717) is 48.1 Å². The van der Waals surface area contributed by atoms with Crippen LogP contribution in [-0.4, -0.2) is 101 Å². The second-order valence-electron chi connectivity index (χ2n) is 16.0. The molecule has 0 radical (unpaired) electrons. The van der Waals surface area contributed by atoms with Crippen LogP contribution >= 0.6 is 0 Å². The van der Waals surface area contributed by atoms with Crippen molar-refractivity contribution in [3.8, 4) is 22.8 Å². The van der Waals surface area contributed by atoms with Crippen molar-refractivity contribution >= 4 is 41.1 Å². The maximum Gasteiger partial charge on any atom is 0.407 e. The lowest BCUT2D eigenvalue weighted by atomic mass is 9.95. The third kappa shape index (κ3) is 8.07. The number of Topliss-reactive ketones (excluding diaryl/α,β-unsaturated/α-hetero) is 1. The number of ether oxygens (including phenoxy) is 3. The van der Waals surface area contributed by atoms with Gasteiger partial charge in [-0.25, -0.2) is 14.6 Å². The number of fused-ring (bicyclic) bond motifs is 2. The molecule has 306 valence electrons. The smallest absolute Gasteiger partial charge is 0.407 e. The molecule has 2 saturated heterocycles. The van der Waals surface area contributed by atoms with Gasteiger partial charge in [-0.2, -0.15) is 0 Å². The van der Waals surface area contributed by atoms with Gasteiger partial charge in [-0.3, -0.25) is 19.4 Å². The fraction of sp³-hybridized carbons (Fsp3) is 0.465. The van der Waals surface area contributed by atoms with Crippen LogP contribution in [0, 0.1) is 11.8 Å². The molecule has 0 spiro atoms. The number of amides is 4. The van der Waals surface area contributed by atoms with Crippen LogP contribution in [-0.2, 0) is 25.5 Å². The summed E-state index contributed by atoms with van der Waals surface area (Å²) >= 11 is 0. The summed E-state index contributed by atoms with van der Waals surface area (Å²) in [7, 11) is 2.55. The number of methoxy groups -OCH3 is 2. The molecular formula is C43H51N7O8. The lowest BCUT2D eigenvalue weighted by molar-refractivity contribution is -0.135. The van der Waals surface area contributed by atoms with Gasteiger partial charge in [0.25, 0.3) is 0 Å². The number of carbonyl (C=O) groups excluding carboxylic acids is 5. The highest BCUT2D eigenvalue weighted by Crippen LogP contribution is 2.40. The van der Waals surface area contributed by atoms with E-state index in [1.165, 1.54) is 14.2 Å². The summed E-state index contributed by atoms with van der Waals surface area (Å²) in [4.78, 5) is 81.4. The number of H-pyrrole nitrogens is 1. The van der Waals surface area contributed by atoms with E-state index >= 15 is 0 Å². The molecule has 58 heavy (non-hydrogen) atoms. The number of aromatic nitrogens is 2. The molecule has 3 N–H and O–H groups in total. The van der Waals surface area contributed by atoms with Crippen LogP contribution in [0.5, 0.6) is 11.5 Å². The van der Waals surface area contributed by atoms with Crippen LogP contribution in [0.4, 0.5) is 9.59 Å². The number of alkyl carbamates (subject to hydrolysis) is 2. The largest absolute Gasteiger partial charge is 0.456 e. The summed E-state index contributed by atoms with van der Waals surface area (Å²) < 4.78 is 16.0. The minimum atomic E-state index is -0.735. The molecule has 0 bridgehead atoms. The number of aromatic amines is 1. The fourth-order valence-corrected chi connectivity index (χ4v) is 8.31. The number of aliphatic imine (C=N–C) groups is 1. The lowest BCUT2D eigenvalue weighted by Gasteiger charge is -2.31. The third-order valence-corrected chi connectivity index (χ3v) is 11.5. The highest BCUT2D eigenvalue weighted by Gasteiger charge is 2.40. The van der Waals surface area contributed by atoms with Crippen molar-refractivity contribution in [2.45, 2.75) is 90.4 Å². The molecule has 0 saturated carbocycles. The summed E-state index contributed by atoms with van der Waals surface area (Å²) in [5.74, 6) is 1.00. The topological polar surface area (TPSA) is 185 Å². The fourth-order valence-electron chi connectivity index (χ4n) is 8.31. The molecule has 2 aromatic carbocycles. The zero-order valence-electron chi connectivity index (χ0n) is 33.8. The summed E-state index contributed by atoms with van der Waals surface area (Å²) in [6.07, 6.45) is 6.12. The van der Waals surface area contributed by atoms with Gasteiger partial charge < -0.3 is 39.6 Å². The molecule has 2 fully saturated rings. The summed E-state index contributed by atoms with van der Waals surface area (Å²) in [6.45, 7) is 8.67. The summed E-state index contributed by atoms with van der Waals surface area (Å²) in [5.41, 5.74) is 5.48. The van der Waals surface area contributed by atoms with Crippen molar-refractivity contribution in [3.05, 3.63) is 71.3 Å². The number of hydrogen-bond acceptors (Lipinski definition) is 10. The zero-order valence-corrected chi connectivity index (χ0v) is 33.8. The van der Waals surface area contributed by atoms with Gasteiger partial charge in [0, 0.05) is 49.0 Å². The SMILES string of the molecule is COC(=O)N[C@H](C(=O)N1CCC[C@H]1C1=NC=C(c2ccc3c(c2)Oc2ccc(-c4cnc([C@@H]5CCCN5C(=O)[C@@H](NC(=O)OC)C(C)C)[nH]4)cc2C(=O)C3)C1)C(C)C. The number of likely N-dealkylation sites (tertiary alicyclic amines) is 2. The number of rotatable bonds is 10. The molecule has 0 unspecified atom stereocenters. The molecule has 4 aliphatic rings. The minimum absolute atomic E-state index is 0.0772. The first kappa shape index (κ1) is 40.2. The molecule has 5 heterocycles. The Bertz CT molecular complexity index is 2170. The van der Waals surface area contributed by atoms with Gasteiger partial charge in [0.15, 0.2) is 5.78 Å². The van der Waals surface area contributed by atoms with Crippen LogP contribution in [0.1, 0.15) is 93.2 Å². The first-order chi connectivity index (χ1) is 27.9. The average molecular weight is 794 g/mol. The Morgan fingerprint density at radius 3 is 2.07 bits per heavy atom. The van der Waals surface area contributed by atoms with Crippen LogP contribution in [0.25, 0.3) is 16.8 Å². The number of allylic oxidation sites excluding steroid dienone is 1. The molecule has 4 amide bonds. The van der Waals surface area contributed by atoms with Gasteiger partial charge in [0.2, 0.25) is 11.8 Å². The van der Waals surface area contributed by atoms with Gasteiger partial charge >= 0.3 is 12.2 Å². The van der Waals surface area contributed by atoms with Gasteiger partial charge in [0.1, 0.15) is 29.4 Å². The first-order valence-electron chi connectivity index (χ1n) is 20.0. The highest BCUT2D eigenvalue weighted by atomic mass is 16.5. The van der Waals surface area contributed by atoms with Gasteiger partial charge in [-0.15, -0.1) is 0 Å². The Balaban J connectivity index is 1.04. The van der Waals surface area contributed by atoms with Crippen molar-refractivity contribution in [1.29, 1.82) is 0 Å². The molecule has 4 aliphatic heterocycles. The quantitative estimate of drug-likeness (QED) is 0.215. The predicted octanol–water partition coefficient (Wildman–Crippen LogP) is 6.21. The van der Waals surface area contributed by atoms with Gasteiger partial charge in [-0.1, -0.05) is 39.8 Å². The van der Waals surface area contributed by atoms with Crippen molar-refractivity contribution in [1.82, 2.24) is 30.4 Å². The van der Waals surface area contributed by atoms with E-state index in [1.54, 1.807) is 17.2 Å². The number of hydrogen-bond donors (Lipinski definition) is 3. The number of carbonyl (C=O) groups is 5. The first-order valence-corrected chi connectivity index (χ1v) is 20.0. The Hall–Kier alpha value is -5.99. The number of ketones is 1. The molecular weight excluding hydrogens is 743 g/mol. The lowest BCUT2D eigenvalue weighted by Crippen LogP contribution is -2.53. The van der Waals surface area contributed by atoms with E-state index in [1.807, 2.05) is 69.1 Å². The van der Waals surface area contributed by atoms with E-state index in [9.17, 15) is 24.0 Å². The Kier molecular flexibility index (Phi) is 11.7. The van der Waals surface area contributed by atoms with E-state index in [4.69, 9.17) is 19.2 Å². The van der Waals surface area contributed by atoms with Crippen molar-refractivity contribution in [2.24, 2.45) is 16.8 Å². The van der Waals surface area contributed by atoms with Crippen LogP contribution < -0.4 is 15.4 Å². The zero-order chi connectivity index (χ0) is 41.2. The number of nitrogens with one attached hydrogen (secondary N) is 3. The Morgan fingerprint density at radius 1 is 0.810 bits per heavy atom. The molecule has 7 rings (SSSR count). The minimum Gasteiger partial charge on any atom is -0.456 e. The maximum absolute atomic E-state index is 13.7.